The van der Waals surface area contributed by atoms with E-state index in [9.17, 15) is 9.59 Å². The molecule has 0 saturated carbocycles. The van der Waals surface area contributed by atoms with Crippen molar-refractivity contribution in [1.29, 1.82) is 0 Å². The minimum atomic E-state index is -0.939. The molecule has 124 valence electrons. The van der Waals surface area contributed by atoms with E-state index in [-0.39, 0.29) is 24.9 Å². The van der Waals surface area contributed by atoms with Crippen molar-refractivity contribution in [3.05, 3.63) is 24.3 Å². The molecule has 1 unspecified atom stereocenters. The van der Waals surface area contributed by atoms with Crippen LogP contribution in [0.1, 0.15) is 26.7 Å². The van der Waals surface area contributed by atoms with E-state index >= 15 is 0 Å². The Kier molecular flexibility index (Phi) is 9.98. The van der Waals surface area contributed by atoms with Gasteiger partial charge in [-0.1, -0.05) is 13.3 Å². The maximum Gasteiger partial charge on any atom is 0.320 e. The summed E-state index contributed by atoms with van der Waals surface area (Å²) < 4.78 is 5.31. The molecule has 1 aromatic carbocycles. The molecule has 0 aromatic heterocycles. The number of carbonyl (C=O) groups is 2. The lowest BCUT2D eigenvalue weighted by molar-refractivity contribution is -0.139. The molecule has 1 rings (SSSR count). The van der Waals surface area contributed by atoms with Crippen LogP contribution in [-0.2, 0) is 9.59 Å². The molecule has 0 aliphatic carbocycles. The zero-order chi connectivity index (χ0) is 15.7. The predicted molar refractivity (Wildman–Crippen MR) is 87.8 cm³/mol. The van der Waals surface area contributed by atoms with Gasteiger partial charge < -0.3 is 15.2 Å². The van der Waals surface area contributed by atoms with Gasteiger partial charge in [0.1, 0.15) is 11.8 Å². The summed E-state index contributed by atoms with van der Waals surface area (Å²) in [6, 6.07) is 6.32. The largest absolute Gasteiger partial charge is 0.494 e. The van der Waals surface area contributed by atoms with Crippen molar-refractivity contribution >= 4 is 30.0 Å². The van der Waals surface area contributed by atoms with Crippen LogP contribution in [0.15, 0.2) is 24.3 Å². The number of nitrogens with one attached hydrogen (secondary N) is 2. The molecular weight excluding hydrogens is 308 g/mol. The highest BCUT2D eigenvalue weighted by atomic mass is 35.5. The number of carbonyl (C=O) groups excluding carboxylic acids is 1. The lowest BCUT2D eigenvalue weighted by Crippen LogP contribution is -2.41. The van der Waals surface area contributed by atoms with Crippen LogP contribution < -0.4 is 15.4 Å². The summed E-state index contributed by atoms with van der Waals surface area (Å²) in [6.07, 6.45) is 1.23. The fourth-order valence-corrected chi connectivity index (χ4v) is 1.82. The molecule has 1 atom stereocenters. The first-order chi connectivity index (χ1) is 10.1. The summed E-state index contributed by atoms with van der Waals surface area (Å²) in [5, 5.41) is 14.4. The zero-order valence-electron chi connectivity index (χ0n) is 12.8. The Morgan fingerprint density at radius 2 is 1.86 bits per heavy atom. The van der Waals surface area contributed by atoms with Crippen LogP contribution >= 0.6 is 12.4 Å². The molecule has 7 heteroatoms. The molecule has 1 amide bonds. The lowest BCUT2D eigenvalue weighted by Gasteiger charge is -2.13. The molecule has 0 bridgehead atoms. The highest BCUT2D eigenvalue weighted by Crippen LogP contribution is 2.15. The molecule has 0 fully saturated rings. The van der Waals surface area contributed by atoms with E-state index in [1.807, 2.05) is 13.8 Å². The van der Waals surface area contributed by atoms with E-state index in [0.29, 0.717) is 18.7 Å². The Hall–Kier alpha value is -1.79. The number of hydrogen-bond donors (Lipinski definition) is 3. The lowest BCUT2D eigenvalue weighted by atomic mass is 10.2. The Morgan fingerprint density at radius 3 is 2.36 bits per heavy atom. The standard InChI is InChI=1S/C15H22N2O4.ClH/c1-3-5-13(15(19)20)16-10-14(18)17-11-6-8-12(9-7-11)21-4-2;/h6-9,13,16H,3-5,10H2,1-2H3,(H,17,18)(H,19,20);1H. The van der Waals surface area contributed by atoms with E-state index in [2.05, 4.69) is 10.6 Å². The molecule has 0 spiro atoms. The third kappa shape index (κ3) is 7.28. The van der Waals surface area contributed by atoms with Gasteiger partial charge in [0.05, 0.1) is 13.2 Å². The molecule has 0 heterocycles. The van der Waals surface area contributed by atoms with Crippen LogP contribution in [0.3, 0.4) is 0 Å². The molecule has 22 heavy (non-hydrogen) atoms. The van der Waals surface area contributed by atoms with Gasteiger partial charge in [0.25, 0.3) is 0 Å². The normalized spacial score (nSPS) is 11.2. The van der Waals surface area contributed by atoms with Crippen molar-refractivity contribution in [2.24, 2.45) is 0 Å². The van der Waals surface area contributed by atoms with E-state index in [1.165, 1.54) is 0 Å². The fraction of sp³-hybridized carbons (Fsp3) is 0.467. The van der Waals surface area contributed by atoms with E-state index in [1.54, 1.807) is 24.3 Å². The van der Waals surface area contributed by atoms with Crippen molar-refractivity contribution in [1.82, 2.24) is 5.32 Å². The first-order valence-electron chi connectivity index (χ1n) is 7.05. The van der Waals surface area contributed by atoms with Gasteiger partial charge in [-0.15, -0.1) is 12.4 Å². The number of carboxylic acids is 1. The van der Waals surface area contributed by atoms with Crippen molar-refractivity contribution in [2.45, 2.75) is 32.7 Å². The topological polar surface area (TPSA) is 87.7 Å². The molecule has 0 aliphatic rings. The molecule has 0 aliphatic heterocycles. The molecule has 6 nitrogen and oxygen atoms in total. The van der Waals surface area contributed by atoms with Crippen LogP contribution in [-0.4, -0.2) is 36.2 Å². The number of benzene rings is 1. The second kappa shape index (κ2) is 10.9. The Bertz CT molecular complexity index is 465. The molecule has 1 aromatic rings. The monoisotopic (exact) mass is 330 g/mol. The highest BCUT2D eigenvalue weighted by molar-refractivity contribution is 5.92. The van der Waals surface area contributed by atoms with Crippen molar-refractivity contribution < 1.29 is 19.4 Å². The van der Waals surface area contributed by atoms with Gasteiger partial charge in [0.15, 0.2) is 0 Å². The Labute approximate surface area is 136 Å². The summed E-state index contributed by atoms with van der Waals surface area (Å²) in [5.74, 6) is -0.477. The number of amides is 1. The molecular formula is C15H23ClN2O4. The van der Waals surface area contributed by atoms with Crippen LogP contribution in [0, 0.1) is 0 Å². The van der Waals surface area contributed by atoms with Gasteiger partial charge in [0.2, 0.25) is 5.91 Å². The predicted octanol–water partition coefficient (Wildman–Crippen LogP) is 2.29. The van der Waals surface area contributed by atoms with Crippen molar-refractivity contribution in [3.8, 4) is 5.75 Å². The molecule has 3 N–H and O–H groups in total. The summed E-state index contributed by atoms with van der Waals surface area (Å²) in [5.41, 5.74) is 0.646. The second-order valence-corrected chi connectivity index (χ2v) is 4.57. The number of rotatable bonds is 9. The Morgan fingerprint density at radius 1 is 1.23 bits per heavy atom. The van der Waals surface area contributed by atoms with Crippen molar-refractivity contribution in [3.63, 3.8) is 0 Å². The first-order valence-corrected chi connectivity index (χ1v) is 7.05. The van der Waals surface area contributed by atoms with E-state index in [0.717, 1.165) is 12.2 Å². The minimum absolute atomic E-state index is 0. The van der Waals surface area contributed by atoms with Crippen LogP contribution in [0.4, 0.5) is 5.69 Å². The number of carboxylic acid groups (broad SMARTS) is 1. The minimum Gasteiger partial charge on any atom is -0.494 e. The van der Waals surface area contributed by atoms with Gasteiger partial charge in [-0.05, 0) is 37.6 Å². The van der Waals surface area contributed by atoms with Gasteiger partial charge in [0, 0.05) is 5.69 Å². The van der Waals surface area contributed by atoms with Gasteiger partial charge in [-0.2, -0.15) is 0 Å². The maximum atomic E-state index is 11.8. The smallest absolute Gasteiger partial charge is 0.320 e. The first kappa shape index (κ1) is 20.2. The summed E-state index contributed by atoms with van der Waals surface area (Å²) in [4.78, 5) is 22.7. The average Bonchev–Trinajstić information content (AvgIpc) is 2.45. The third-order valence-corrected chi connectivity index (χ3v) is 2.83. The summed E-state index contributed by atoms with van der Waals surface area (Å²) >= 11 is 0. The van der Waals surface area contributed by atoms with E-state index < -0.39 is 12.0 Å². The summed E-state index contributed by atoms with van der Waals surface area (Å²) in [6.45, 7) is 4.35. The van der Waals surface area contributed by atoms with Gasteiger partial charge in [-0.25, -0.2) is 0 Å². The quantitative estimate of drug-likeness (QED) is 0.646. The van der Waals surface area contributed by atoms with Crippen LogP contribution in [0.25, 0.3) is 0 Å². The number of ether oxygens (including phenoxy) is 1. The Balaban J connectivity index is 0.00000441. The third-order valence-electron chi connectivity index (χ3n) is 2.83. The number of aliphatic carboxylic acids is 1. The number of anilines is 1. The number of hydrogen-bond acceptors (Lipinski definition) is 4. The number of halogens is 1. The summed E-state index contributed by atoms with van der Waals surface area (Å²) in [7, 11) is 0. The second-order valence-electron chi connectivity index (χ2n) is 4.57. The van der Waals surface area contributed by atoms with Gasteiger partial charge >= 0.3 is 5.97 Å². The van der Waals surface area contributed by atoms with Crippen LogP contribution in [0.5, 0.6) is 5.75 Å². The fourth-order valence-electron chi connectivity index (χ4n) is 1.82. The average molecular weight is 331 g/mol. The zero-order valence-corrected chi connectivity index (χ0v) is 13.6. The van der Waals surface area contributed by atoms with Gasteiger partial charge in [-0.3, -0.25) is 14.9 Å². The maximum absolute atomic E-state index is 11.8. The highest BCUT2D eigenvalue weighted by Gasteiger charge is 2.16. The SMILES string of the molecule is CCCC(NCC(=O)Nc1ccc(OCC)cc1)C(=O)O.Cl. The molecule has 0 radical (unpaired) electrons. The van der Waals surface area contributed by atoms with E-state index in [4.69, 9.17) is 9.84 Å². The van der Waals surface area contributed by atoms with Crippen LogP contribution in [0.2, 0.25) is 0 Å². The molecule has 0 saturated heterocycles. The van der Waals surface area contributed by atoms with Crippen molar-refractivity contribution in [2.75, 3.05) is 18.5 Å².